The number of carbonyl (C=O) groups excluding carboxylic acids is 1. The first-order chi connectivity index (χ1) is 14.1. The van der Waals surface area contributed by atoms with E-state index in [1.165, 1.54) is 16.3 Å². The SMILES string of the molecule is CCc1ccccc1NC(=O)CSc1nc2cc3ccccc3cc2c(=O)n1C. The van der Waals surface area contributed by atoms with Crippen LogP contribution in [0.2, 0.25) is 0 Å². The third-order valence-corrected chi connectivity index (χ3v) is 5.94. The fourth-order valence-corrected chi connectivity index (χ4v) is 4.11. The molecule has 29 heavy (non-hydrogen) atoms. The molecule has 1 amide bonds. The molecule has 4 aromatic rings. The van der Waals surface area contributed by atoms with E-state index >= 15 is 0 Å². The van der Waals surface area contributed by atoms with E-state index < -0.39 is 0 Å². The Morgan fingerprint density at radius 1 is 1.07 bits per heavy atom. The molecule has 1 N–H and O–H groups in total. The average Bonchev–Trinajstić information content (AvgIpc) is 2.74. The molecule has 0 aliphatic heterocycles. The first-order valence-corrected chi connectivity index (χ1v) is 10.5. The van der Waals surface area contributed by atoms with E-state index in [9.17, 15) is 9.59 Å². The summed E-state index contributed by atoms with van der Waals surface area (Å²) in [5.41, 5.74) is 2.45. The van der Waals surface area contributed by atoms with Crippen LogP contribution in [0.1, 0.15) is 12.5 Å². The lowest BCUT2D eigenvalue weighted by Gasteiger charge is -2.11. The lowest BCUT2D eigenvalue weighted by molar-refractivity contribution is -0.113. The van der Waals surface area contributed by atoms with Crippen molar-refractivity contribution in [2.24, 2.45) is 7.05 Å². The van der Waals surface area contributed by atoms with Crippen LogP contribution >= 0.6 is 11.8 Å². The Balaban J connectivity index is 1.59. The summed E-state index contributed by atoms with van der Waals surface area (Å²) in [6.45, 7) is 2.05. The smallest absolute Gasteiger partial charge is 0.261 e. The number of fused-ring (bicyclic) bond motifs is 2. The topological polar surface area (TPSA) is 64.0 Å². The molecule has 1 aromatic heterocycles. The van der Waals surface area contributed by atoms with Gasteiger partial charge in [-0.2, -0.15) is 0 Å². The van der Waals surface area contributed by atoms with Crippen molar-refractivity contribution in [3.8, 4) is 0 Å². The number of hydrogen-bond donors (Lipinski definition) is 1. The highest BCUT2D eigenvalue weighted by atomic mass is 32.2. The highest BCUT2D eigenvalue weighted by molar-refractivity contribution is 7.99. The minimum Gasteiger partial charge on any atom is -0.325 e. The predicted octanol–water partition coefficient (Wildman–Crippen LogP) is 4.38. The van der Waals surface area contributed by atoms with Gasteiger partial charge in [-0.3, -0.25) is 14.2 Å². The number of benzene rings is 3. The molecule has 0 fully saturated rings. The number of aromatic nitrogens is 2. The zero-order chi connectivity index (χ0) is 20.4. The van der Waals surface area contributed by atoms with E-state index in [1.54, 1.807) is 7.05 Å². The van der Waals surface area contributed by atoms with E-state index in [-0.39, 0.29) is 17.2 Å². The zero-order valence-electron chi connectivity index (χ0n) is 16.3. The summed E-state index contributed by atoms with van der Waals surface area (Å²) in [6, 6.07) is 19.5. The largest absolute Gasteiger partial charge is 0.325 e. The molecule has 1 heterocycles. The van der Waals surface area contributed by atoms with Gasteiger partial charge in [0.25, 0.3) is 5.56 Å². The summed E-state index contributed by atoms with van der Waals surface area (Å²) in [5.74, 6) is 0.0565. The van der Waals surface area contributed by atoms with Crippen molar-refractivity contribution in [2.45, 2.75) is 18.5 Å². The van der Waals surface area contributed by atoms with Crippen molar-refractivity contribution >= 4 is 45.0 Å². The fourth-order valence-electron chi connectivity index (χ4n) is 3.33. The van der Waals surface area contributed by atoms with Gasteiger partial charge in [0.15, 0.2) is 5.16 Å². The van der Waals surface area contributed by atoms with Crippen LogP contribution in [0.5, 0.6) is 0 Å². The van der Waals surface area contributed by atoms with E-state index in [0.717, 1.165) is 28.4 Å². The van der Waals surface area contributed by atoms with Crippen LogP contribution in [0.15, 0.2) is 70.6 Å². The second-order valence-electron chi connectivity index (χ2n) is 6.82. The van der Waals surface area contributed by atoms with Gasteiger partial charge in [0.05, 0.1) is 16.7 Å². The van der Waals surface area contributed by atoms with Gasteiger partial charge in [-0.1, -0.05) is 61.2 Å². The maximum atomic E-state index is 12.8. The minimum absolute atomic E-state index is 0.111. The van der Waals surface area contributed by atoms with Crippen LogP contribution in [0.25, 0.3) is 21.7 Å². The Kier molecular flexibility index (Phi) is 5.36. The molecule has 0 spiro atoms. The van der Waals surface area contributed by atoms with Gasteiger partial charge >= 0.3 is 0 Å². The van der Waals surface area contributed by atoms with Crippen molar-refractivity contribution in [1.29, 1.82) is 0 Å². The first kappa shape index (κ1) is 19.2. The van der Waals surface area contributed by atoms with Crippen molar-refractivity contribution in [3.63, 3.8) is 0 Å². The van der Waals surface area contributed by atoms with Crippen molar-refractivity contribution in [1.82, 2.24) is 9.55 Å². The summed E-state index contributed by atoms with van der Waals surface area (Å²) < 4.78 is 1.51. The van der Waals surface area contributed by atoms with Crippen molar-refractivity contribution in [3.05, 3.63) is 76.6 Å². The van der Waals surface area contributed by atoms with Gasteiger partial charge in [0, 0.05) is 12.7 Å². The third kappa shape index (κ3) is 3.89. The molecule has 0 saturated carbocycles. The lowest BCUT2D eigenvalue weighted by Crippen LogP contribution is -2.21. The highest BCUT2D eigenvalue weighted by Gasteiger charge is 2.12. The summed E-state index contributed by atoms with van der Waals surface area (Å²) in [6.07, 6.45) is 0.846. The second-order valence-corrected chi connectivity index (χ2v) is 7.77. The Morgan fingerprint density at radius 2 is 1.76 bits per heavy atom. The summed E-state index contributed by atoms with van der Waals surface area (Å²) >= 11 is 1.26. The molecule has 0 aliphatic carbocycles. The van der Waals surface area contributed by atoms with Gasteiger partial charge in [-0.25, -0.2) is 4.98 Å². The molecule has 0 atom stereocenters. The van der Waals surface area contributed by atoms with Crippen molar-refractivity contribution < 1.29 is 4.79 Å². The van der Waals surface area contributed by atoms with E-state index in [4.69, 9.17) is 0 Å². The molecule has 5 nitrogen and oxygen atoms in total. The molecule has 0 aliphatic rings. The summed E-state index contributed by atoms with van der Waals surface area (Å²) in [5, 5.41) is 6.10. The summed E-state index contributed by atoms with van der Waals surface area (Å²) in [4.78, 5) is 29.9. The minimum atomic E-state index is -0.122. The number of rotatable bonds is 5. The average molecular weight is 404 g/mol. The van der Waals surface area contributed by atoms with Crippen LogP contribution in [-0.4, -0.2) is 21.2 Å². The molecule has 0 unspecified atom stereocenters. The van der Waals surface area contributed by atoms with Gasteiger partial charge in [-0.05, 0) is 41.0 Å². The molecule has 4 rings (SSSR count). The predicted molar refractivity (Wildman–Crippen MR) is 120 cm³/mol. The molecule has 0 bridgehead atoms. The fraction of sp³-hybridized carbons (Fsp3) is 0.174. The van der Waals surface area contributed by atoms with E-state index in [0.29, 0.717) is 16.1 Å². The van der Waals surface area contributed by atoms with Crippen LogP contribution < -0.4 is 10.9 Å². The third-order valence-electron chi connectivity index (χ3n) is 4.91. The quantitative estimate of drug-likeness (QED) is 0.305. The van der Waals surface area contributed by atoms with E-state index in [2.05, 4.69) is 17.2 Å². The molecule has 146 valence electrons. The number of nitrogens with one attached hydrogen (secondary N) is 1. The number of carbonyl (C=O) groups is 1. The Labute approximate surface area is 172 Å². The number of aryl methyl sites for hydroxylation is 1. The molecule has 6 heteroatoms. The zero-order valence-corrected chi connectivity index (χ0v) is 17.1. The molecule has 0 saturated heterocycles. The summed E-state index contributed by atoms with van der Waals surface area (Å²) in [7, 11) is 1.69. The molecule has 0 radical (unpaired) electrons. The standard InChI is InChI=1S/C23H21N3O2S/c1-3-15-8-6-7-11-19(15)24-21(27)14-29-23-25-20-13-17-10-5-4-9-16(17)12-18(20)22(28)26(23)2/h4-13H,3,14H2,1-2H3,(H,24,27). The second kappa shape index (κ2) is 8.09. The maximum absolute atomic E-state index is 12.8. The van der Waals surface area contributed by atoms with Crippen molar-refractivity contribution in [2.75, 3.05) is 11.1 Å². The number of hydrogen-bond acceptors (Lipinski definition) is 4. The Bertz CT molecular complexity index is 1280. The molecule has 3 aromatic carbocycles. The number of anilines is 1. The number of nitrogens with zero attached hydrogens (tertiary/aromatic N) is 2. The molecular weight excluding hydrogens is 382 g/mol. The Morgan fingerprint density at radius 3 is 2.52 bits per heavy atom. The van der Waals surface area contributed by atoms with Gasteiger partial charge in [0.1, 0.15) is 0 Å². The number of thioether (sulfide) groups is 1. The number of amides is 1. The van der Waals surface area contributed by atoms with E-state index in [1.807, 2.05) is 60.7 Å². The monoisotopic (exact) mass is 403 g/mol. The van der Waals surface area contributed by atoms with Gasteiger partial charge in [0.2, 0.25) is 5.91 Å². The molecular formula is C23H21N3O2S. The van der Waals surface area contributed by atoms with Crippen LogP contribution in [0.4, 0.5) is 5.69 Å². The first-order valence-electron chi connectivity index (χ1n) is 9.47. The van der Waals surface area contributed by atoms with Gasteiger partial charge in [-0.15, -0.1) is 0 Å². The van der Waals surface area contributed by atoms with Crippen LogP contribution in [0, 0.1) is 0 Å². The highest BCUT2D eigenvalue weighted by Crippen LogP contribution is 2.23. The van der Waals surface area contributed by atoms with Gasteiger partial charge < -0.3 is 5.32 Å². The number of para-hydroxylation sites is 1. The lowest BCUT2D eigenvalue weighted by atomic mass is 10.1. The maximum Gasteiger partial charge on any atom is 0.261 e. The van der Waals surface area contributed by atoms with Crippen LogP contribution in [-0.2, 0) is 18.3 Å². The Hall–Kier alpha value is -3.12. The van der Waals surface area contributed by atoms with Crippen LogP contribution in [0.3, 0.4) is 0 Å². The normalized spacial score (nSPS) is 11.1.